The van der Waals surface area contributed by atoms with Gasteiger partial charge < -0.3 is 9.57 Å². The number of methoxy groups -OCH3 is 1. The molecule has 0 spiro atoms. The Hall–Kier alpha value is -1.40. The van der Waals surface area contributed by atoms with Gasteiger partial charge in [0.1, 0.15) is 0 Å². The number of hydrogen-bond acceptors (Lipinski definition) is 5. The minimum Gasteiger partial charge on any atom is -0.464 e. The summed E-state index contributed by atoms with van der Waals surface area (Å²) < 4.78 is 6.19. The van der Waals surface area contributed by atoms with Crippen molar-refractivity contribution >= 4 is 5.97 Å². The molecule has 0 aliphatic carbocycles. The highest BCUT2D eigenvalue weighted by Crippen LogP contribution is 2.16. The van der Waals surface area contributed by atoms with E-state index in [9.17, 15) is 4.79 Å². The summed E-state index contributed by atoms with van der Waals surface area (Å²) in [6, 6.07) is 1.68. The molecule has 0 bridgehead atoms. The van der Waals surface area contributed by atoms with Crippen molar-refractivity contribution in [1.29, 1.82) is 0 Å². The second kappa shape index (κ2) is 4.90. The predicted octanol–water partition coefficient (Wildman–Crippen LogP) is 0.200. The number of carbonyl (C=O) groups is 1. The van der Waals surface area contributed by atoms with E-state index < -0.39 is 5.97 Å². The molecule has 1 aromatic rings. The largest absolute Gasteiger partial charge is 0.464 e. The summed E-state index contributed by atoms with van der Waals surface area (Å²) >= 11 is 0. The smallest absolute Gasteiger partial charge is 0.358 e. The average molecular weight is 213 g/mol. The lowest BCUT2D eigenvalue weighted by Gasteiger charge is -2.08. The molecule has 6 nitrogen and oxygen atoms in total. The van der Waals surface area contributed by atoms with Gasteiger partial charge >= 0.3 is 5.97 Å². The Bertz CT molecular complexity index is 348. The van der Waals surface area contributed by atoms with Crippen molar-refractivity contribution in [2.75, 3.05) is 13.7 Å². The van der Waals surface area contributed by atoms with Crippen LogP contribution in [0.15, 0.2) is 6.07 Å². The van der Waals surface area contributed by atoms with Crippen LogP contribution in [-0.4, -0.2) is 29.5 Å². The van der Waals surface area contributed by atoms with E-state index in [-0.39, 0.29) is 5.92 Å². The maximum absolute atomic E-state index is 11.2. The van der Waals surface area contributed by atoms with Crippen molar-refractivity contribution in [1.82, 2.24) is 9.78 Å². The molecule has 1 heterocycles. The molecule has 0 aliphatic heterocycles. The number of ether oxygens (including phenoxy) is 1. The number of rotatable bonds is 4. The summed E-state index contributed by atoms with van der Waals surface area (Å²) in [4.78, 5) is 15.8. The highest BCUT2D eigenvalue weighted by atomic mass is 16.6. The monoisotopic (exact) mass is 213 g/mol. The minimum absolute atomic E-state index is 0.0749. The lowest BCUT2D eigenvalue weighted by molar-refractivity contribution is 0.0593. The molecule has 1 unspecified atom stereocenters. The van der Waals surface area contributed by atoms with Gasteiger partial charge in [-0.3, -0.25) is 4.68 Å². The van der Waals surface area contributed by atoms with Crippen LogP contribution < -0.4 is 5.90 Å². The molecular formula is C9H15N3O3. The predicted molar refractivity (Wildman–Crippen MR) is 53.1 cm³/mol. The average Bonchev–Trinajstić information content (AvgIpc) is 2.59. The zero-order chi connectivity index (χ0) is 11.4. The van der Waals surface area contributed by atoms with Crippen LogP contribution >= 0.6 is 0 Å². The Morgan fingerprint density at radius 1 is 1.73 bits per heavy atom. The standard InChI is InChI=1S/C9H15N3O3/c1-6(5-15-10)8-4-7(9(13)14-3)11-12(8)2/h4,6H,5,10H2,1-3H3. The van der Waals surface area contributed by atoms with E-state index in [0.29, 0.717) is 12.3 Å². The van der Waals surface area contributed by atoms with Gasteiger partial charge in [-0.25, -0.2) is 10.7 Å². The molecule has 1 rings (SSSR count). The normalized spacial score (nSPS) is 12.5. The summed E-state index contributed by atoms with van der Waals surface area (Å²) in [6.45, 7) is 2.31. The topological polar surface area (TPSA) is 79.4 Å². The molecule has 15 heavy (non-hydrogen) atoms. The lowest BCUT2D eigenvalue weighted by atomic mass is 10.1. The molecule has 6 heteroatoms. The fourth-order valence-corrected chi connectivity index (χ4v) is 1.38. The van der Waals surface area contributed by atoms with E-state index in [1.54, 1.807) is 17.8 Å². The van der Waals surface area contributed by atoms with Crippen LogP contribution in [0.5, 0.6) is 0 Å². The number of aromatic nitrogens is 2. The quantitative estimate of drug-likeness (QED) is 0.571. The van der Waals surface area contributed by atoms with Gasteiger partial charge in [0, 0.05) is 18.7 Å². The van der Waals surface area contributed by atoms with Gasteiger partial charge in [-0.15, -0.1) is 0 Å². The number of hydrogen-bond donors (Lipinski definition) is 1. The van der Waals surface area contributed by atoms with Gasteiger partial charge in [0.05, 0.1) is 13.7 Å². The summed E-state index contributed by atoms with van der Waals surface area (Å²) in [5.74, 6) is 4.62. The van der Waals surface area contributed by atoms with Crippen molar-refractivity contribution in [3.8, 4) is 0 Å². The van der Waals surface area contributed by atoms with Crippen molar-refractivity contribution in [2.24, 2.45) is 12.9 Å². The number of aryl methyl sites for hydroxylation is 1. The number of esters is 1. The molecule has 0 aliphatic rings. The molecule has 1 aromatic heterocycles. The SMILES string of the molecule is COC(=O)c1cc(C(C)CON)n(C)n1. The highest BCUT2D eigenvalue weighted by Gasteiger charge is 2.16. The van der Waals surface area contributed by atoms with Crippen LogP contribution in [0.4, 0.5) is 0 Å². The van der Waals surface area contributed by atoms with Crippen LogP contribution in [0.1, 0.15) is 29.0 Å². The molecule has 0 amide bonds. The second-order valence-corrected chi connectivity index (χ2v) is 3.30. The van der Waals surface area contributed by atoms with Crippen LogP contribution in [0, 0.1) is 0 Å². The number of carbonyl (C=O) groups excluding carboxylic acids is 1. The molecular weight excluding hydrogens is 198 g/mol. The molecule has 84 valence electrons. The molecule has 0 saturated carbocycles. The minimum atomic E-state index is -0.447. The molecule has 2 N–H and O–H groups in total. The molecule has 1 atom stereocenters. The van der Waals surface area contributed by atoms with Gasteiger partial charge in [0.2, 0.25) is 0 Å². The fourth-order valence-electron chi connectivity index (χ4n) is 1.38. The van der Waals surface area contributed by atoms with Crippen LogP contribution in [0.3, 0.4) is 0 Å². The third kappa shape index (κ3) is 2.54. The Balaban J connectivity index is 2.90. The molecule has 0 radical (unpaired) electrons. The van der Waals surface area contributed by atoms with Gasteiger partial charge in [-0.2, -0.15) is 5.10 Å². The summed E-state index contributed by atoms with van der Waals surface area (Å²) in [7, 11) is 3.08. The first kappa shape index (κ1) is 11.7. The molecule has 0 saturated heterocycles. The van der Waals surface area contributed by atoms with E-state index in [4.69, 9.17) is 5.90 Å². The number of nitrogens with two attached hydrogens (primary N) is 1. The Labute approximate surface area is 87.9 Å². The molecule has 0 fully saturated rings. The van der Waals surface area contributed by atoms with E-state index in [0.717, 1.165) is 5.69 Å². The van der Waals surface area contributed by atoms with Crippen molar-refractivity contribution in [3.63, 3.8) is 0 Å². The maximum atomic E-state index is 11.2. The highest BCUT2D eigenvalue weighted by molar-refractivity contribution is 5.87. The summed E-state index contributed by atoms with van der Waals surface area (Å²) in [5, 5.41) is 4.03. The third-order valence-corrected chi connectivity index (χ3v) is 2.16. The lowest BCUT2D eigenvalue weighted by Crippen LogP contribution is -2.11. The molecule has 0 aromatic carbocycles. The van der Waals surface area contributed by atoms with Gasteiger partial charge in [0.25, 0.3) is 0 Å². The van der Waals surface area contributed by atoms with Crippen molar-refractivity contribution in [2.45, 2.75) is 12.8 Å². The van der Waals surface area contributed by atoms with E-state index in [1.807, 2.05) is 6.92 Å². The van der Waals surface area contributed by atoms with Gasteiger partial charge in [-0.1, -0.05) is 6.92 Å². The van der Waals surface area contributed by atoms with Crippen LogP contribution in [-0.2, 0) is 16.6 Å². The first-order valence-electron chi connectivity index (χ1n) is 4.54. The first-order valence-corrected chi connectivity index (χ1v) is 4.54. The van der Waals surface area contributed by atoms with Gasteiger partial charge in [0.15, 0.2) is 5.69 Å². The Kier molecular flexibility index (Phi) is 3.81. The number of nitrogens with zero attached hydrogens (tertiary/aromatic N) is 2. The Morgan fingerprint density at radius 2 is 2.40 bits per heavy atom. The van der Waals surface area contributed by atoms with E-state index in [2.05, 4.69) is 14.7 Å². The summed E-state index contributed by atoms with van der Waals surface area (Å²) in [5.41, 5.74) is 1.17. The van der Waals surface area contributed by atoms with Crippen molar-refractivity contribution < 1.29 is 14.4 Å². The van der Waals surface area contributed by atoms with Crippen molar-refractivity contribution in [3.05, 3.63) is 17.5 Å². The maximum Gasteiger partial charge on any atom is 0.358 e. The second-order valence-electron chi connectivity index (χ2n) is 3.30. The van der Waals surface area contributed by atoms with E-state index >= 15 is 0 Å². The van der Waals surface area contributed by atoms with Crippen LogP contribution in [0.25, 0.3) is 0 Å². The third-order valence-electron chi connectivity index (χ3n) is 2.16. The van der Waals surface area contributed by atoms with E-state index in [1.165, 1.54) is 7.11 Å². The fraction of sp³-hybridized carbons (Fsp3) is 0.556. The Morgan fingerprint density at radius 3 is 2.93 bits per heavy atom. The summed E-state index contributed by atoms with van der Waals surface area (Å²) in [6.07, 6.45) is 0. The van der Waals surface area contributed by atoms with Gasteiger partial charge in [-0.05, 0) is 6.07 Å². The zero-order valence-electron chi connectivity index (χ0n) is 9.06. The first-order chi connectivity index (χ1) is 7.10. The van der Waals surface area contributed by atoms with Crippen LogP contribution in [0.2, 0.25) is 0 Å². The zero-order valence-corrected chi connectivity index (χ0v) is 9.06.